The van der Waals surface area contributed by atoms with E-state index < -0.39 is 0 Å². The normalized spacial score (nSPS) is 23.7. The summed E-state index contributed by atoms with van der Waals surface area (Å²) in [5.41, 5.74) is 0.472. The van der Waals surface area contributed by atoms with Crippen LogP contribution in [-0.2, 0) is 4.74 Å². The maximum atomic E-state index is 12.8. The largest absolute Gasteiger partial charge is 0.379 e. The minimum absolute atomic E-state index is 0.0193. The van der Waals surface area contributed by atoms with Gasteiger partial charge in [0.2, 0.25) is 5.95 Å². The van der Waals surface area contributed by atoms with Crippen molar-refractivity contribution in [3.63, 3.8) is 0 Å². The van der Waals surface area contributed by atoms with E-state index in [4.69, 9.17) is 4.74 Å². The Hall–Kier alpha value is -2.61. The molecular formula is C17H20N6O2. The Labute approximate surface area is 145 Å². The van der Waals surface area contributed by atoms with Crippen LogP contribution in [0.4, 0.5) is 5.95 Å². The second-order valence-corrected chi connectivity index (χ2v) is 6.63. The summed E-state index contributed by atoms with van der Waals surface area (Å²) in [6.07, 6.45) is 7.51. The molecular weight excluding hydrogens is 320 g/mol. The van der Waals surface area contributed by atoms with E-state index in [2.05, 4.69) is 25.1 Å². The van der Waals surface area contributed by atoms with Crippen LogP contribution in [0.2, 0.25) is 0 Å². The molecule has 2 fully saturated rings. The first-order chi connectivity index (χ1) is 12.3. The Morgan fingerprint density at radius 2 is 2.00 bits per heavy atom. The highest BCUT2D eigenvalue weighted by Crippen LogP contribution is 2.35. The second-order valence-electron chi connectivity index (χ2n) is 6.63. The molecule has 4 heterocycles. The van der Waals surface area contributed by atoms with Gasteiger partial charge in [0.15, 0.2) is 0 Å². The number of amides is 1. The number of carbonyl (C=O) groups is 1. The molecule has 2 saturated heterocycles. The molecule has 8 heteroatoms. The van der Waals surface area contributed by atoms with Gasteiger partial charge in [0, 0.05) is 44.0 Å². The molecule has 4 rings (SSSR count). The fourth-order valence-corrected chi connectivity index (χ4v) is 3.57. The third-order valence-electron chi connectivity index (χ3n) is 4.83. The van der Waals surface area contributed by atoms with Gasteiger partial charge in [-0.15, -0.1) is 0 Å². The molecule has 2 aromatic rings. The Morgan fingerprint density at radius 3 is 2.80 bits per heavy atom. The Kier molecular flexibility index (Phi) is 4.27. The maximum absolute atomic E-state index is 12.8. The van der Waals surface area contributed by atoms with Gasteiger partial charge in [-0.3, -0.25) is 4.79 Å². The average molecular weight is 340 g/mol. The van der Waals surface area contributed by atoms with Crippen molar-refractivity contribution in [1.29, 1.82) is 0 Å². The molecule has 0 unspecified atom stereocenters. The van der Waals surface area contributed by atoms with Gasteiger partial charge >= 0.3 is 0 Å². The molecule has 8 nitrogen and oxygen atoms in total. The number of aromatic nitrogens is 4. The van der Waals surface area contributed by atoms with Gasteiger partial charge in [-0.2, -0.15) is 10.2 Å². The van der Waals surface area contributed by atoms with Gasteiger partial charge in [-0.05, 0) is 18.6 Å². The van der Waals surface area contributed by atoms with Crippen LogP contribution in [0.3, 0.4) is 0 Å². The molecule has 25 heavy (non-hydrogen) atoms. The first-order valence-corrected chi connectivity index (χ1v) is 8.42. The molecule has 2 aromatic heterocycles. The fraction of sp³-hybridized carbons (Fsp3) is 0.471. The van der Waals surface area contributed by atoms with Crippen molar-refractivity contribution in [1.82, 2.24) is 25.1 Å². The molecule has 2 aliphatic rings. The quantitative estimate of drug-likeness (QED) is 0.793. The Morgan fingerprint density at radius 1 is 1.12 bits per heavy atom. The van der Waals surface area contributed by atoms with Crippen LogP contribution in [0.1, 0.15) is 16.8 Å². The van der Waals surface area contributed by atoms with E-state index in [9.17, 15) is 4.79 Å². The van der Waals surface area contributed by atoms with Crippen LogP contribution in [0.5, 0.6) is 0 Å². The highest BCUT2D eigenvalue weighted by Gasteiger charge is 2.43. The number of hydrogen-bond donors (Lipinski definition) is 0. The summed E-state index contributed by atoms with van der Waals surface area (Å²) < 4.78 is 5.84. The van der Waals surface area contributed by atoms with E-state index in [1.54, 1.807) is 24.7 Å². The van der Waals surface area contributed by atoms with Crippen molar-refractivity contribution < 1.29 is 9.53 Å². The van der Waals surface area contributed by atoms with Crippen molar-refractivity contribution in [3.8, 4) is 0 Å². The molecule has 0 bridgehead atoms. The third-order valence-corrected chi connectivity index (χ3v) is 4.83. The van der Waals surface area contributed by atoms with E-state index in [0.717, 1.165) is 25.5 Å². The maximum Gasteiger partial charge on any atom is 0.255 e. The summed E-state index contributed by atoms with van der Waals surface area (Å²) in [6, 6.07) is 3.51. The van der Waals surface area contributed by atoms with Crippen LogP contribution in [0.25, 0.3) is 0 Å². The Balaban J connectivity index is 1.51. The van der Waals surface area contributed by atoms with Crippen LogP contribution in [0.15, 0.2) is 36.9 Å². The smallest absolute Gasteiger partial charge is 0.255 e. The van der Waals surface area contributed by atoms with Gasteiger partial charge in [0.1, 0.15) is 0 Å². The average Bonchev–Trinajstić information content (AvgIpc) is 2.97. The highest BCUT2D eigenvalue weighted by molar-refractivity contribution is 5.93. The summed E-state index contributed by atoms with van der Waals surface area (Å²) in [7, 11) is 0. The fourth-order valence-electron chi connectivity index (χ4n) is 3.57. The molecule has 0 N–H and O–H groups in total. The SMILES string of the molecule is O=C(c1ccnnc1)N1CCOC[C@@]2(CCN(c3ncccn3)C2)C1. The molecule has 0 radical (unpaired) electrons. The van der Waals surface area contributed by atoms with E-state index >= 15 is 0 Å². The monoisotopic (exact) mass is 340 g/mol. The van der Waals surface area contributed by atoms with Gasteiger partial charge in [0.25, 0.3) is 5.91 Å². The molecule has 1 atom stereocenters. The summed E-state index contributed by atoms with van der Waals surface area (Å²) in [4.78, 5) is 25.5. The summed E-state index contributed by atoms with van der Waals surface area (Å²) >= 11 is 0. The number of rotatable bonds is 2. The summed E-state index contributed by atoms with van der Waals surface area (Å²) in [5, 5.41) is 7.55. The molecule has 0 aromatic carbocycles. The van der Waals surface area contributed by atoms with Gasteiger partial charge in [-0.1, -0.05) is 0 Å². The lowest BCUT2D eigenvalue weighted by atomic mass is 9.87. The number of nitrogens with zero attached hydrogens (tertiary/aromatic N) is 6. The van der Waals surface area contributed by atoms with Crippen molar-refractivity contribution in [2.24, 2.45) is 5.41 Å². The summed E-state index contributed by atoms with van der Waals surface area (Å²) in [5.74, 6) is 0.717. The van der Waals surface area contributed by atoms with E-state index in [1.165, 1.54) is 6.20 Å². The molecule has 0 saturated carbocycles. The van der Waals surface area contributed by atoms with E-state index in [0.29, 0.717) is 31.9 Å². The van der Waals surface area contributed by atoms with Crippen molar-refractivity contribution in [3.05, 3.63) is 42.5 Å². The topological polar surface area (TPSA) is 84.3 Å². The molecule has 1 spiro atoms. The van der Waals surface area contributed by atoms with Gasteiger partial charge in [-0.25, -0.2) is 9.97 Å². The van der Waals surface area contributed by atoms with Crippen molar-refractivity contribution in [2.45, 2.75) is 6.42 Å². The Bertz CT molecular complexity index is 728. The predicted octanol–water partition coefficient (Wildman–Crippen LogP) is 0.636. The molecule has 0 aliphatic carbocycles. The third kappa shape index (κ3) is 3.30. The minimum Gasteiger partial charge on any atom is -0.379 e. The number of hydrogen-bond acceptors (Lipinski definition) is 7. The van der Waals surface area contributed by atoms with Crippen LogP contribution >= 0.6 is 0 Å². The van der Waals surface area contributed by atoms with E-state index in [1.807, 2.05) is 11.0 Å². The van der Waals surface area contributed by atoms with Crippen molar-refractivity contribution in [2.75, 3.05) is 44.3 Å². The zero-order valence-corrected chi connectivity index (χ0v) is 13.9. The molecule has 130 valence electrons. The molecule has 1 amide bonds. The number of ether oxygens (including phenoxy) is 1. The lowest BCUT2D eigenvalue weighted by Crippen LogP contribution is -2.43. The molecule has 2 aliphatic heterocycles. The van der Waals surface area contributed by atoms with Crippen molar-refractivity contribution >= 4 is 11.9 Å². The van der Waals surface area contributed by atoms with Gasteiger partial charge in [0.05, 0.1) is 31.2 Å². The van der Waals surface area contributed by atoms with Crippen LogP contribution < -0.4 is 4.90 Å². The van der Waals surface area contributed by atoms with E-state index in [-0.39, 0.29) is 11.3 Å². The standard InChI is InChI=1S/C17H20N6O2/c24-15(14-2-6-20-21-10-14)22-8-9-25-13-17(11-22)3-7-23(12-17)16-18-4-1-5-19-16/h1-2,4-6,10H,3,7-9,11-13H2/t17-/m0/s1. The zero-order valence-electron chi connectivity index (χ0n) is 13.9. The van der Waals surface area contributed by atoms with Crippen LogP contribution in [0, 0.1) is 5.41 Å². The van der Waals surface area contributed by atoms with Gasteiger partial charge < -0.3 is 14.5 Å². The highest BCUT2D eigenvalue weighted by atomic mass is 16.5. The zero-order chi connectivity index (χ0) is 17.1. The van der Waals surface area contributed by atoms with Crippen LogP contribution in [-0.4, -0.2) is 70.4 Å². The minimum atomic E-state index is -0.0914. The predicted molar refractivity (Wildman–Crippen MR) is 90.0 cm³/mol. The number of carbonyl (C=O) groups excluding carboxylic acids is 1. The first kappa shape index (κ1) is 15.9. The summed E-state index contributed by atoms with van der Waals surface area (Å²) in [6.45, 7) is 4.10. The number of anilines is 1. The second kappa shape index (κ2) is 6.72. The first-order valence-electron chi connectivity index (χ1n) is 8.42. The lowest BCUT2D eigenvalue weighted by Gasteiger charge is -2.31. The lowest BCUT2D eigenvalue weighted by molar-refractivity contribution is 0.0690.